The molecule has 1 amide bonds. The Balaban J connectivity index is 0.000000454. The first-order valence-electron chi connectivity index (χ1n) is 10.3. The Morgan fingerprint density at radius 3 is 2.14 bits per heavy atom. The molecule has 0 aliphatic carbocycles. The maximum atomic E-state index is 13.0. The summed E-state index contributed by atoms with van der Waals surface area (Å²) in [5.41, 5.74) is 2.68. The van der Waals surface area contributed by atoms with Crippen molar-refractivity contribution in [2.24, 2.45) is 0 Å². The first kappa shape index (κ1) is 25.9. The number of nitrogens with zero attached hydrogens (tertiary/aromatic N) is 1. The highest BCUT2D eigenvalue weighted by Gasteiger charge is 2.38. The number of hydrogen-bond acceptors (Lipinski definition) is 4. The highest BCUT2D eigenvalue weighted by molar-refractivity contribution is 6.04. The zero-order chi connectivity index (χ0) is 26.1. The molecule has 0 fully saturated rings. The minimum Gasteiger partial charge on any atom is -0.486 e. The summed E-state index contributed by atoms with van der Waals surface area (Å²) in [4.78, 5) is 28.9. The van der Waals surface area contributed by atoms with Crippen LogP contribution in [0, 0.1) is 5.82 Å². The van der Waals surface area contributed by atoms with Crippen molar-refractivity contribution in [1.29, 1.82) is 0 Å². The number of carbonyl (C=O) groups excluding carboxylic acids is 1. The van der Waals surface area contributed by atoms with Gasteiger partial charge in [0, 0.05) is 23.0 Å². The molecular formula is C25H19F4N3O4. The molecule has 1 aromatic heterocycles. The van der Waals surface area contributed by atoms with Gasteiger partial charge in [-0.25, -0.2) is 14.2 Å². The molecule has 3 N–H and O–H groups in total. The van der Waals surface area contributed by atoms with E-state index < -0.39 is 12.1 Å². The predicted octanol–water partition coefficient (Wildman–Crippen LogP) is 5.68. The third kappa shape index (κ3) is 7.69. The van der Waals surface area contributed by atoms with Gasteiger partial charge in [0.05, 0.1) is 5.69 Å². The summed E-state index contributed by atoms with van der Waals surface area (Å²) >= 11 is 0. The average Bonchev–Trinajstić information content (AvgIpc) is 3.34. The first-order chi connectivity index (χ1) is 17.1. The lowest BCUT2D eigenvalue weighted by atomic mass is 10.1. The second-order valence-electron chi connectivity index (χ2n) is 7.18. The number of alkyl halides is 3. The van der Waals surface area contributed by atoms with Gasteiger partial charge >= 0.3 is 12.1 Å². The van der Waals surface area contributed by atoms with Crippen LogP contribution in [0.25, 0.3) is 11.3 Å². The van der Waals surface area contributed by atoms with Crippen LogP contribution in [0.2, 0.25) is 0 Å². The summed E-state index contributed by atoms with van der Waals surface area (Å²) in [6, 6.07) is 22.3. The molecule has 3 aromatic carbocycles. The molecule has 0 saturated carbocycles. The van der Waals surface area contributed by atoms with Gasteiger partial charge in [-0.1, -0.05) is 30.3 Å². The highest BCUT2D eigenvalue weighted by Crippen LogP contribution is 2.20. The number of H-pyrrole nitrogens is 1. The van der Waals surface area contributed by atoms with Gasteiger partial charge in [-0.2, -0.15) is 13.2 Å². The number of carboxylic acids is 1. The summed E-state index contributed by atoms with van der Waals surface area (Å²) < 4.78 is 50.4. The van der Waals surface area contributed by atoms with Crippen molar-refractivity contribution in [3.05, 3.63) is 102 Å². The van der Waals surface area contributed by atoms with E-state index in [0.29, 0.717) is 23.7 Å². The molecule has 186 valence electrons. The van der Waals surface area contributed by atoms with Crippen LogP contribution in [0.3, 0.4) is 0 Å². The largest absolute Gasteiger partial charge is 0.490 e. The summed E-state index contributed by atoms with van der Waals surface area (Å²) in [5, 5.41) is 9.86. The predicted molar refractivity (Wildman–Crippen MR) is 123 cm³/mol. The van der Waals surface area contributed by atoms with Crippen molar-refractivity contribution in [2.45, 2.75) is 12.8 Å². The third-order valence-corrected chi connectivity index (χ3v) is 4.54. The van der Waals surface area contributed by atoms with Crippen molar-refractivity contribution in [3.8, 4) is 17.0 Å². The molecule has 0 saturated heterocycles. The van der Waals surface area contributed by atoms with Gasteiger partial charge in [-0.3, -0.25) is 4.79 Å². The fraction of sp³-hybridized carbons (Fsp3) is 0.0800. The van der Waals surface area contributed by atoms with E-state index in [1.54, 1.807) is 18.3 Å². The van der Waals surface area contributed by atoms with E-state index in [1.165, 1.54) is 24.3 Å². The monoisotopic (exact) mass is 501 g/mol. The summed E-state index contributed by atoms with van der Waals surface area (Å²) in [6.07, 6.45) is -3.28. The number of nitrogens with one attached hydrogen (secondary N) is 2. The maximum absolute atomic E-state index is 13.0. The topological polar surface area (TPSA) is 104 Å². The molecule has 0 aliphatic rings. The number of hydrogen-bond donors (Lipinski definition) is 3. The number of benzene rings is 3. The number of ether oxygens (including phenoxy) is 1. The lowest BCUT2D eigenvalue weighted by Crippen LogP contribution is -2.21. The Hall–Kier alpha value is -4.67. The van der Waals surface area contributed by atoms with E-state index in [4.69, 9.17) is 14.6 Å². The van der Waals surface area contributed by atoms with Crippen LogP contribution in [0.15, 0.2) is 85.1 Å². The number of amides is 1. The van der Waals surface area contributed by atoms with Crippen LogP contribution >= 0.6 is 0 Å². The number of imidazole rings is 1. The number of carbonyl (C=O) groups is 2. The van der Waals surface area contributed by atoms with E-state index >= 15 is 0 Å². The molecule has 11 heteroatoms. The molecule has 36 heavy (non-hydrogen) atoms. The van der Waals surface area contributed by atoms with Crippen LogP contribution in [-0.2, 0) is 11.4 Å². The fourth-order valence-electron chi connectivity index (χ4n) is 2.78. The van der Waals surface area contributed by atoms with Crippen molar-refractivity contribution >= 4 is 17.6 Å². The Kier molecular flexibility index (Phi) is 8.39. The van der Waals surface area contributed by atoms with Crippen LogP contribution in [-0.4, -0.2) is 33.1 Å². The molecule has 0 unspecified atom stereocenters. The average molecular weight is 501 g/mol. The smallest absolute Gasteiger partial charge is 0.486 e. The van der Waals surface area contributed by atoms with E-state index in [1.807, 2.05) is 42.5 Å². The van der Waals surface area contributed by atoms with Crippen LogP contribution in [0.4, 0.5) is 23.2 Å². The lowest BCUT2D eigenvalue weighted by molar-refractivity contribution is -0.192. The Morgan fingerprint density at radius 2 is 1.56 bits per heavy atom. The first-order valence-corrected chi connectivity index (χ1v) is 10.3. The normalized spacial score (nSPS) is 10.7. The van der Waals surface area contributed by atoms with Gasteiger partial charge in [0.2, 0.25) is 0 Å². The number of halogens is 4. The zero-order valence-electron chi connectivity index (χ0n) is 18.4. The minimum absolute atomic E-state index is 0.262. The number of aliphatic carboxylic acids is 1. The Labute approximate surface area is 202 Å². The molecular weight excluding hydrogens is 482 g/mol. The summed E-state index contributed by atoms with van der Waals surface area (Å²) in [7, 11) is 0. The van der Waals surface area contributed by atoms with Crippen molar-refractivity contribution in [2.75, 3.05) is 5.32 Å². The van der Waals surface area contributed by atoms with Crippen LogP contribution in [0.5, 0.6) is 5.75 Å². The number of carboxylic acid groups (broad SMARTS) is 1. The van der Waals surface area contributed by atoms with Gasteiger partial charge in [0.1, 0.15) is 24.0 Å². The second-order valence-corrected chi connectivity index (χ2v) is 7.18. The van der Waals surface area contributed by atoms with E-state index in [9.17, 15) is 22.4 Å². The molecule has 0 aliphatic heterocycles. The number of rotatable bonds is 6. The lowest BCUT2D eigenvalue weighted by Gasteiger charge is -2.06. The molecule has 4 rings (SSSR count). The van der Waals surface area contributed by atoms with Gasteiger partial charge < -0.3 is 20.1 Å². The molecule has 1 heterocycles. The van der Waals surface area contributed by atoms with Crippen LogP contribution < -0.4 is 10.1 Å². The SMILES string of the molecule is O=C(Nc1ccc(F)cc1)c1ccc(-c2c[nH]c(COc3ccccc3)n2)cc1.O=C(O)C(F)(F)F. The minimum atomic E-state index is -5.08. The highest BCUT2D eigenvalue weighted by atomic mass is 19.4. The number of anilines is 1. The van der Waals surface area contributed by atoms with E-state index in [2.05, 4.69) is 15.3 Å². The molecule has 0 spiro atoms. The second kappa shape index (κ2) is 11.6. The Bertz CT molecular complexity index is 1290. The molecule has 0 atom stereocenters. The maximum Gasteiger partial charge on any atom is 0.490 e. The van der Waals surface area contributed by atoms with Crippen molar-refractivity contribution in [1.82, 2.24) is 9.97 Å². The molecule has 7 nitrogen and oxygen atoms in total. The number of para-hydroxylation sites is 1. The third-order valence-electron chi connectivity index (χ3n) is 4.54. The van der Waals surface area contributed by atoms with Crippen molar-refractivity contribution in [3.63, 3.8) is 0 Å². The van der Waals surface area contributed by atoms with Gasteiger partial charge in [0.25, 0.3) is 5.91 Å². The quantitative estimate of drug-likeness (QED) is 0.295. The van der Waals surface area contributed by atoms with Gasteiger partial charge in [0.15, 0.2) is 0 Å². The number of aromatic amines is 1. The number of aromatic nitrogens is 2. The molecule has 0 bridgehead atoms. The van der Waals surface area contributed by atoms with Crippen LogP contribution in [0.1, 0.15) is 16.2 Å². The fourth-order valence-corrected chi connectivity index (χ4v) is 2.78. The van der Waals surface area contributed by atoms with E-state index in [0.717, 1.165) is 17.0 Å². The zero-order valence-corrected chi connectivity index (χ0v) is 18.4. The van der Waals surface area contributed by atoms with E-state index in [-0.39, 0.29) is 11.7 Å². The molecule has 0 radical (unpaired) electrons. The van der Waals surface area contributed by atoms with Crippen molar-refractivity contribution < 1.29 is 37.0 Å². The Morgan fingerprint density at radius 1 is 0.944 bits per heavy atom. The summed E-state index contributed by atoms with van der Waals surface area (Å²) in [5.74, 6) is -1.88. The van der Waals surface area contributed by atoms with Gasteiger partial charge in [-0.05, 0) is 48.5 Å². The van der Waals surface area contributed by atoms with Gasteiger partial charge in [-0.15, -0.1) is 0 Å². The summed E-state index contributed by atoms with van der Waals surface area (Å²) in [6.45, 7) is 0.335. The standard InChI is InChI=1S/C23H18FN3O2.C2HF3O2/c24-18-10-12-19(13-11-18)26-23(28)17-8-6-16(7-9-17)21-14-25-22(27-21)15-29-20-4-2-1-3-5-20;3-2(4,5)1(6)7/h1-14H,15H2,(H,25,27)(H,26,28);(H,6,7). The molecule has 4 aromatic rings.